The number of unbranched alkanes of at least 4 members (excludes halogenated alkanes) is 2. The van der Waals surface area contributed by atoms with Crippen LogP contribution in [0.3, 0.4) is 0 Å². The zero-order valence-corrected chi connectivity index (χ0v) is 22.6. The number of methoxy groups -OCH3 is 1. The number of aryl methyl sites for hydroxylation is 1. The summed E-state index contributed by atoms with van der Waals surface area (Å²) in [6, 6.07) is 12.7. The number of Topliss-reactive ketones (excluding diaryl/α,β-unsaturated/α-hetero) is 2. The summed E-state index contributed by atoms with van der Waals surface area (Å²) in [6.45, 7) is 5.77. The Morgan fingerprint density at radius 3 is 2.47 bits per heavy atom. The fourth-order valence-corrected chi connectivity index (χ4v) is 5.37. The van der Waals surface area contributed by atoms with Gasteiger partial charge in [-0.3, -0.25) is 19.3 Å². The van der Waals surface area contributed by atoms with Gasteiger partial charge in [-0.25, -0.2) is 4.98 Å². The van der Waals surface area contributed by atoms with Crippen molar-refractivity contribution in [1.29, 1.82) is 0 Å². The topological polar surface area (TPSA) is 106 Å². The SMILES string of the molecule is CCCCCOc1cccc(C2C(=C(O)c3ccc(OC)cc3)C(=O)C(=O)N2c2nc(C)c(C(C)=O)s2)c1. The summed E-state index contributed by atoms with van der Waals surface area (Å²) in [5, 5.41) is 11.5. The number of benzene rings is 2. The summed E-state index contributed by atoms with van der Waals surface area (Å²) in [6.07, 6.45) is 3.02. The molecule has 1 amide bonds. The molecule has 1 N–H and O–H groups in total. The molecular formula is C29H30N2O6S. The van der Waals surface area contributed by atoms with Crippen molar-refractivity contribution < 1.29 is 29.0 Å². The highest BCUT2D eigenvalue weighted by atomic mass is 32.1. The molecule has 8 nitrogen and oxygen atoms in total. The molecule has 1 fully saturated rings. The summed E-state index contributed by atoms with van der Waals surface area (Å²) >= 11 is 1.05. The van der Waals surface area contributed by atoms with Crippen molar-refractivity contribution in [3.05, 3.63) is 75.8 Å². The van der Waals surface area contributed by atoms with Gasteiger partial charge in [0.25, 0.3) is 5.78 Å². The van der Waals surface area contributed by atoms with Gasteiger partial charge in [0.05, 0.1) is 35.9 Å². The Bertz CT molecular complexity index is 1390. The molecule has 198 valence electrons. The highest BCUT2D eigenvalue weighted by molar-refractivity contribution is 7.18. The van der Waals surface area contributed by atoms with E-state index in [0.717, 1.165) is 30.6 Å². The van der Waals surface area contributed by atoms with Gasteiger partial charge in [0.1, 0.15) is 17.3 Å². The molecular weight excluding hydrogens is 504 g/mol. The van der Waals surface area contributed by atoms with Gasteiger partial charge in [-0.2, -0.15) is 0 Å². The van der Waals surface area contributed by atoms with Gasteiger partial charge < -0.3 is 14.6 Å². The van der Waals surface area contributed by atoms with E-state index in [2.05, 4.69) is 11.9 Å². The lowest BCUT2D eigenvalue weighted by Gasteiger charge is -2.23. The van der Waals surface area contributed by atoms with Crippen LogP contribution in [0.1, 0.15) is 65.6 Å². The number of thiazole rings is 1. The fraction of sp³-hybridized carbons (Fsp3) is 0.310. The molecule has 0 spiro atoms. The number of anilines is 1. The Morgan fingerprint density at radius 2 is 1.84 bits per heavy atom. The molecule has 1 saturated heterocycles. The van der Waals surface area contributed by atoms with Crippen LogP contribution in [0.5, 0.6) is 11.5 Å². The number of hydrogen-bond acceptors (Lipinski definition) is 8. The third kappa shape index (κ3) is 5.33. The predicted octanol–water partition coefficient (Wildman–Crippen LogP) is 5.86. The lowest BCUT2D eigenvalue weighted by atomic mass is 9.95. The molecule has 0 radical (unpaired) electrons. The van der Waals surface area contributed by atoms with Crippen LogP contribution >= 0.6 is 11.3 Å². The molecule has 1 aliphatic heterocycles. The number of aromatic nitrogens is 1. The first kappa shape index (κ1) is 27.1. The highest BCUT2D eigenvalue weighted by Crippen LogP contribution is 2.44. The lowest BCUT2D eigenvalue weighted by molar-refractivity contribution is -0.132. The Kier molecular flexibility index (Phi) is 8.26. The minimum atomic E-state index is -0.971. The molecule has 1 aliphatic rings. The van der Waals surface area contributed by atoms with Gasteiger partial charge >= 0.3 is 5.91 Å². The fourth-order valence-electron chi connectivity index (χ4n) is 4.38. The minimum absolute atomic E-state index is 0.0690. The van der Waals surface area contributed by atoms with Crippen LogP contribution < -0.4 is 14.4 Å². The maximum absolute atomic E-state index is 13.4. The number of aliphatic hydroxyl groups is 1. The van der Waals surface area contributed by atoms with Gasteiger partial charge in [-0.1, -0.05) is 43.2 Å². The number of ketones is 2. The highest BCUT2D eigenvalue weighted by Gasteiger charge is 2.48. The van der Waals surface area contributed by atoms with E-state index in [9.17, 15) is 19.5 Å². The molecule has 4 rings (SSSR count). The van der Waals surface area contributed by atoms with E-state index in [4.69, 9.17) is 9.47 Å². The average molecular weight is 535 g/mol. The summed E-state index contributed by atoms with van der Waals surface area (Å²) in [4.78, 5) is 45.1. The predicted molar refractivity (Wildman–Crippen MR) is 146 cm³/mol. The molecule has 0 bridgehead atoms. The van der Waals surface area contributed by atoms with E-state index in [1.54, 1.807) is 49.4 Å². The third-order valence-corrected chi connectivity index (χ3v) is 7.57. The second-order valence-corrected chi connectivity index (χ2v) is 9.97. The van der Waals surface area contributed by atoms with E-state index in [0.29, 0.717) is 39.8 Å². The molecule has 1 unspecified atom stereocenters. The molecule has 2 heterocycles. The van der Waals surface area contributed by atoms with Crippen molar-refractivity contribution in [3.8, 4) is 11.5 Å². The van der Waals surface area contributed by atoms with E-state index in [1.165, 1.54) is 18.9 Å². The average Bonchev–Trinajstić information content (AvgIpc) is 3.43. The first-order valence-electron chi connectivity index (χ1n) is 12.4. The van der Waals surface area contributed by atoms with Crippen molar-refractivity contribution >= 4 is 39.7 Å². The van der Waals surface area contributed by atoms with Crippen LogP contribution in [0, 0.1) is 6.92 Å². The smallest absolute Gasteiger partial charge is 0.301 e. The maximum atomic E-state index is 13.4. The Morgan fingerprint density at radius 1 is 1.11 bits per heavy atom. The number of amides is 1. The van der Waals surface area contributed by atoms with Gasteiger partial charge in [-0.15, -0.1) is 0 Å². The van der Waals surface area contributed by atoms with Gasteiger partial charge in [0.15, 0.2) is 10.9 Å². The quantitative estimate of drug-likeness (QED) is 0.114. The third-order valence-electron chi connectivity index (χ3n) is 6.31. The van der Waals surface area contributed by atoms with Crippen molar-refractivity contribution in [3.63, 3.8) is 0 Å². The number of carbonyl (C=O) groups is 3. The first-order valence-corrected chi connectivity index (χ1v) is 13.2. The van der Waals surface area contributed by atoms with Gasteiger partial charge in [0, 0.05) is 12.5 Å². The number of ether oxygens (including phenoxy) is 2. The van der Waals surface area contributed by atoms with E-state index in [1.807, 2.05) is 6.07 Å². The molecule has 9 heteroatoms. The number of hydrogen-bond donors (Lipinski definition) is 1. The van der Waals surface area contributed by atoms with E-state index < -0.39 is 17.7 Å². The zero-order valence-electron chi connectivity index (χ0n) is 21.8. The summed E-state index contributed by atoms with van der Waals surface area (Å²) in [7, 11) is 1.53. The van der Waals surface area contributed by atoms with Crippen molar-refractivity contribution in [2.45, 2.75) is 46.1 Å². The van der Waals surface area contributed by atoms with Crippen LogP contribution in [0.4, 0.5) is 5.13 Å². The number of aliphatic hydroxyl groups excluding tert-OH is 1. The molecule has 1 aromatic heterocycles. The summed E-state index contributed by atoms with van der Waals surface area (Å²) in [5.74, 6) is -0.985. The minimum Gasteiger partial charge on any atom is -0.507 e. The number of nitrogens with zero attached hydrogens (tertiary/aromatic N) is 2. The second-order valence-electron chi connectivity index (χ2n) is 8.99. The van der Waals surface area contributed by atoms with Gasteiger partial charge in [-0.05, 0) is 55.3 Å². The van der Waals surface area contributed by atoms with Crippen LogP contribution in [0.25, 0.3) is 5.76 Å². The Labute approximate surface area is 225 Å². The molecule has 0 saturated carbocycles. The summed E-state index contributed by atoms with van der Waals surface area (Å²) < 4.78 is 11.1. The van der Waals surface area contributed by atoms with E-state index in [-0.39, 0.29) is 22.2 Å². The largest absolute Gasteiger partial charge is 0.507 e. The van der Waals surface area contributed by atoms with Crippen LogP contribution in [-0.4, -0.2) is 41.3 Å². The molecule has 1 atom stereocenters. The van der Waals surface area contributed by atoms with Gasteiger partial charge in [0.2, 0.25) is 0 Å². The standard InChI is InChI=1S/C29H30N2O6S/c1-5-6-7-15-37-22-10-8-9-20(16-22)24-23(25(33)19-11-13-21(36-4)14-12-19)26(34)28(35)31(24)29-30-17(2)27(38-29)18(3)32/h8-14,16,24,33H,5-7,15H2,1-4H3. The molecule has 0 aliphatic carbocycles. The van der Waals surface area contributed by atoms with Crippen LogP contribution in [-0.2, 0) is 9.59 Å². The molecule has 38 heavy (non-hydrogen) atoms. The Hall–Kier alpha value is -3.98. The lowest BCUT2D eigenvalue weighted by Crippen LogP contribution is -2.29. The second kappa shape index (κ2) is 11.6. The normalized spacial score (nSPS) is 16.6. The monoisotopic (exact) mass is 534 g/mol. The van der Waals surface area contributed by atoms with Crippen molar-refractivity contribution in [2.24, 2.45) is 0 Å². The van der Waals surface area contributed by atoms with Crippen LogP contribution in [0.15, 0.2) is 54.1 Å². The molecule has 3 aromatic rings. The first-order chi connectivity index (χ1) is 18.3. The van der Waals surface area contributed by atoms with Crippen molar-refractivity contribution in [1.82, 2.24) is 4.98 Å². The summed E-state index contributed by atoms with van der Waals surface area (Å²) in [5.41, 5.74) is 1.34. The zero-order chi connectivity index (χ0) is 27.4. The number of carbonyl (C=O) groups excluding carboxylic acids is 3. The number of rotatable bonds is 10. The molecule has 2 aromatic carbocycles. The van der Waals surface area contributed by atoms with Crippen LogP contribution in [0.2, 0.25) is 0 Å². The maximum Gasteiger partial charge on any atom is 0.301 e. The Balaban J connectivity index is 1.85. The van der Waals surface area contributed by atoms with E-state index >= 15 is 0 Å². The van der Waals surface area contributed by atoms with Crippen molar-refractivity contribution in [2.75, 3.05) is 18.6 Å².